The Bertz CT molecular complexity index is 680. The quantitative estimate of drug-likeness (QED) is 0.882. The number of hydrogen-bond acceptors (Lipinski definition) is 4. The zero-order valence-corrected chi connectivity index (χ0v) is 14.4. The van der Waals surface area contributed by atoms with Crippen molar-refractivity contribution in [2.45, 2.75) is 39.9 Å². The Kier molecular flexibility index (Phi) is 5.25. The van der Waals surface area contributed by atoms with E-state index in [9.17, 15) is 4.79 Å². The van der Waals surface area contributed by atoms with E-state index in [4.69, 9.17) is 0 Å². The van der Waals surface area contributed by atoms with Gasteiger partial charge in [-0.1, -0.05) is 19.9 Å². The lowest BCUT2D eigenvalue weighted by molar-refractivity contribution is 0.0944. The first-order valence-corrected chi connectivity index (χ1v) is 8.59. The molecule has 6 heteroatoms. The van der Waals surface area contributed by atoms with Crippen LogP contribution in [0.5, 0.6) is 0 Å². The van der Waals surface area contributed by atoms with Gasteiger partial charge >= 0.3 is 0 Å². The zero-order chi connectivity index (χ0) is 16.9. The number of fused-ring (bicyclic) bond motifs is 1. The standard InChI is InChI=1S/C18H25N5O/c1-14(2)6-8-22-9-10-23-16(13-22)11-17(21-23)18(24)20-12-15-5-3-4-7-19-15/h3-5,7,11,14H,6,8-10,12-13H2,1-2H3,(H,20,24). The van der Waals surface area contributed by atoms with Crippen molar-refractivity contribution in [1.29, 1.82) is 0 Å². The van der Waals surface area contributed by atoms with Gasteiger partial charge in [-0.25, -0.2) is 0 Å². The maximum atomic E-state index is 12.3. The highest BCUT2D eigenvalue weighted by atomic mass is 16.1. The summed E-state index contributed by atoms with van der Waals surface area (Å²) in [6.07, 6.45) is 2.92. The summed E-state index contributed by atoms with van der Waals surface area (Å²) >= 11 is 0. The lowest BCUT2D eigenvalue weighted by atomic mass is 10.1. The molecule has 0 saturated carbocycles. The van der Waals surface area contributed by atoms with E-state index in [0.717, 1.165) is 37.6 Å². The van der Waals surface area contributed by atoms with Crippen molar-refractivity contribution in [3.05, 3.63) is 47.5 Å². The second kappa shape index (κ2) is 7.57. The van der Waals surface area contributed by atoms with Crippen LogP contribution in [-0.4, -0.2) is 38.7 Å². The number of carbonyl (C=O) groups is 1. The van der Waals surface area contributed by atoms with E-state index in [0.29, 0.717) is 18.2 Å². The van der Waals surface area contributed by atoms with Crippen LogP contribution in [0, 0.1) is 5.92 Å². The largest absolute Gasteiger partial charge is 0.345 e. The molecule has 128 valence electrons. The minimum absolute atomic E-state index is 0.142. The molecule has 0 fully saturated rings. The molecule has 0 unspecified atom stereocenters. The highest BCUT2D eigenvalue weighted by Gasteiger charge is 2.20. The summed E-state index contributed by atoms with van der Waals surface area (Å²) < 4.78 is 1.96. The zero-order valence-electron chi connectivity index (χ0n) is 14.4. The Hall–Kier alpha value is -2.21. The molecule has 0 saturated heterocycles. The SMILES string of the molecule is CC(C)CCN1CCn2nc(C(=O)NCc3ccccn3)cc2C1. The van der Waals surface area contributed by atoms with Crippen LogP contribution in [0.4, 0.5) is 0 Å². The number of nitrogens with one attached hydrogen (secondary N) is 1. The number of amides is 1. The number of rotatable bonds is 6. The molecule has 0 spiro atoms. The summed E-state index contributed by atoms with van der Waals surface area (Å²) in [6.45, 7) is 8.73. The van der Waals surface area contributed by atoms with Crippen LogP contribution in [0.3, 0.4) is 0 Å². The third-order valence-corrected chi connectivity index (χ3v) is 4.29. The summed E-state index contributed by atoms with van der Waals surface area (Å²) in [6, 6.07) is 7.58. The predicted octanol–water partition coefficient (Wildman–Crippen LogP) is 2.07. The Morgan fingerprint density at radius 3 is 2.96 bits per heavy atom. The van der Waals surface area contributed by atoms with Gasteiger partial charge in [0.2, 0.25) is 0 Å². The van der Waals surface area contributed by atoms with Gasteiger partial charge in [-0.3, -0.25) is 19.4 Å². The number of aromatic nitrogens is 3. The van der Waals surface area contributed by atoms with Crippen LogP contribution in [-0.2, 0) is 19.6 Å². The summed E-state index contributed by atoms with van der Waals surface area (Å²) in [5, 5.41) is 7.34. The molecule has 1 aliphatic rings. The van der Waals surface area contributed by atoms with Crippen molar-refractivity contribution in [2.75, 3.05) is 13.1 Å². The molecule has 24 heavy (non-hydrogen) atoms. The van der Waals surface area contributed by atoms with Gasteiger partial charge in [0.05, 0.1) is 24.5 Å². The van der Waals surface area contributed by atoms with Crippen LogP contribution >= 0.6 is 0 Å². The molecule has 0 atom stereocenters. The molecule has 1 aliphatic heterocycles. The molecule has 3 heterocycles. The van der Waals surface area contributed by atoms with Gasteiger partial charge in [-0.05, 0) is 37.1 Å². The maximum absolute atomic E-state index is 12.3. The Morgan fingerprint density at radius 2 is 2.21 bits per heavy atom. The van der Waals surface area contributed by atoms with Gasteiger partial charge in [0.15, 0.2) is 5.69 Å². The van der Waals surface area contributed by atoms with E-state index in [1.807, 2.05) is 28.9 Å². The average molecular weight is 327 g/mol. The lowest BCUT2D eigenvalue weighted by Crippen LogP contribution is -2.34. The average Bonchev–Trinajstić information content (AvgIpc) is 3.02. The lowest BCUT2D eigenvalue weighted by Gasteiger charge is -2.27. The van der Waals surface area contributed by atoms with Gasteiger partial charge < -0.3 is 5.32 Å². The first-order valence-electron chi connectivity index (χ1n) is 8.59. The number of nitrogens with zero attached hydrogens (tertiary/aromatic N) is 4. The molecule has 0 bridgehead atoms. The first kappa shape index (κ1) is 16.6. The monoisotopic (exact) mass is 327 g/mol. The Balaban J connectivity index is 1.57. The molecule has 0 aliphatic carbocycles. The second-order valence-corrected chi connectivity index (χ2v) is 6.71. The smallest absolute Gasteiger partial charge is 0.272 e. The summed E-state index contributed by atoms with van der Waals surface area (Å²) in [5.74, 6) is 0.570. The summed E-state index contributed by atoms with van der Waals surface area (Å²) in [4.78, 5) is 18.9. The van der Waals surface area contributed by atoms with Crippen LogP contribution in [0.2, 0.25) is 0 Å². The fraction of sp³-hybridized carbons (Fsp3) is 0.500. The predicted molar refractivity (Wildman–Crippen MR) is 92.4 cm³/mol. The third-order valence-electron chi connectivity index (χ3n) is 4.29. The molecule has 6 nitrogen and oxygen atoms in total. The highest BCUT2D eigenvalue weighted by molar-refractivity contribution is 5.92. The van der Waals surface area contributed by atoms with E-state index < -0.39 is 0 Å². The highest BCUT2D eigenvalue weighted by Crippen LogP contribution is 2.15. The molecule has 0 aromatic carbocycles. The van der Waals surface area contributed by atoms with E-state index in [2.05, 4.69) is 34.1 Å². The van der Waals surface area contributed by atoms with Gasteiger partial charge in [0.25, 0.3) is 5.91 Å². The molecule has 1 amide bonds. The van der Waals surface area contributed by atoms with Gasteiger partial charge in [-0.2, -0.15) is 5.10 Å². The Morgan fingerprint density at radius 1 is 1.33 bits per heavy atom. The van der Waals surface area contributed by atoms with Crippen LogP contribution in [0.15, 0.2) is 30.5 Å². The maximum Gasteiger partial charge on any atom is 0.272 e. The normalized spacial score (nSPS) is 14.6. The molecular weight excluding hydrogens is 302 g/mol. The van der Waals surface area contributed by atoms with Crippen molar-refractivity contribution >= 4 is 5.91 Å². The third kappa shape index (κ3) is 4.20. The van der Waals surface area contributed by atoms with E-state index >= 15 is 0 Å². The fourth-order valence-corrected chi connectivity index (χ4v) is 2.83. The summed E-state index contributed by atoms with van der Waals surface area (Å²) in [5.41, 5.74) is 2.45. The van der Waals surface area contributed by atoms with E-state index in [1.165, 1.54) is 6.42 Å². The number of pyridine rings is 1. The number of hydrogen-bond donors (Lipinski definition) is 1. The molecule has 1 N–H and O–H groups in total. The van der Waals surface area contributed by atoms with E-state index in [1.54, 1.807) is 6.20 Å². The minimum Gasteiger partial charge on any atom is -0.345 e. The molecule has 2 aromatic heterocycles. The van der Waals surface area contributed by atoms with Crippen molar-refractivity contribution in [3.8, 4) is 0 Å². The van der Waals surface area contributed by atoms with Crippen LogP contribution in [0.1, 0.15) is 42.1 Å². The summed E-state index contributed by atoms with van der Waals surface area (Å²) in [7, 11) is 0. The van der Waals surface area contributed by atoms with Crippen molar-refractivity contribution in [2.24, 2.45) is 5.92 Å². The first-order chi connectivity index (χ1) is 11.6. The topological polar surface area (TPSA) is 63.1 Å². The van der Waals surface area contributed by atoms with Crippen molar-refractivity contribution in [3.63, 3.8) is 0 Å². The van der Waals surface area contributed by atoms with Gasteiger partial charge in [0, 0.05) is 19.3 Å². The molecule has 0 radical (unpaired) electrons. The Labute approximate surface area is 142 Å². The number of carbonyl (C=O) groups excluding carboxylic acids is 1. The molecule has 3 rings (SSSR count). The van der Waals surface area contributed by atoms with Crippen molar-refractivity contribution in [1.82, 2.24) is 25.0 Å². The fourth-order valence-electron chi connectivity index (χ4n) is 2.83. The second-order valence-electron chi connectivity index (χ2n) is 6.71. The van der Waals surface area contributed by atoms with Crippen molar-refractivity contribution < 1.29 is 4.79 Å². The molecule has 2 aromatic rings. The van der Waals surface area contributed by atoms with Gasteiger partial charge in [0.1, 0.15) is 0 Å². The van der Waals surface area contributed by atoms with Crippen LogP contribution in [0.25, 0.3) is 0 Å². The molecular formula is C18H25N5O. The van der Waals surface area contributed by atoms with E-state index in [-0.39, 0.29) is 5.91 Å². The van der Waals surface area contributed by atoms with Crippen LogP contribution < -0.4 is 5.32 Å². The minimum atomic E-state index is -0.142. The van der Waals surface area contributed by atoms with Gasteiger partial charge in [-0.15, -0.1) is 0 Å².